The normalized spacial score (nSPS) is 12.1. The second-order valence-corrected chi connectivity index (χ2v) is 8.63. The van der Waals surface area contributed by atoms with Crippen molar-refractivity contribution in [2.24, 2.45) is 5.14 Å². The van der Waals surface area contributed by atoms with Crippen molar-refractivity contribution in [3.63, 3.8) is 0 Å². The number of primary sulfonamides is 1. The number of imidazole rings is 1. The lowest BCUT2D eigenvalue weighted by Crippen LogP contribution is -2.13. The standard InChI is InChI=1S/C21H16BrN3O2S/c22-17-7-3-1-5-14(17)10-12-21-24-18-11-9-15(13-19(18)25-21)16-6-2-4-8-20(16)28(23,26)27/h1-13H,(H,24,25)(H2,23,26,27)/b12-10+. The maximum absolute atomic E-state index is 11.9. The first-order valence-electron chi connectivity index (χ1n) is 8.46. The molecule has 5 nitrogen and oxygen atoms in total. The third kappa shape index (κ3) is 3.77. The first kappa shape index (κ1) is 18.6. The van der Waals surface area contributed by atoms with Crippen LogP contribution in [0.15, 0.2) is 76.1 Å². The fourth-order valence-electron chi connectivity index (χ4n) is 3.00. The minimum atomic E-state index is -3.82. The minimum absolute atomic E-state index is 0.0962. The third-order valence-electron chi connectivity index (χ3n) is 4.33. The molecule has 0 bridgehead atoms. The Labute approximate surface area is 171 Å². The quantitative estimate of drug-likeness (QED) is 0.464. The largest absolute Gasteiger partial charge is 0.338 e. The summed E-state index contributed by atoms with van der Waals surface area (Å²) < 4.78 is 24.8. The molecule has 4 rings (SSSR count). The molecule has 0 atom stereocenters. The average Bonchev–Trinajstić information content (AvgIpc) is 3.09. The molecule has 1 aromatic heterocycles. The summed E-state index contributed by atoms with van der Waals surface area (Å²) in [6.45, 7) is 0. The van der Waals surface area contributed by atoms with Crippen LogP contribution >= 0.6 is 15.9 Å². The van der Waals surface area contributed by atoms with Gasteiger partial charge in [-0.1, -0.05) is 64.5 Å². The van der Waals surface area contributed by atoms with E-state index in [1.54, 1.807) is 18.2 Å². The van der Waals surface area contributed by atoms with Gasteiger partial charge in [-0.2, -0.15) is 0 Å². The van der Waals surface area contributed by atoms with Crippen molar-refractivity contribution in [1.29, 1.82) is 0 Å². The van der Waals surface area contributed by atoms with E-state index in [9.17, 15) is 8.42 Å². The molecular formula is C21H16BrN3O2S. The number of benzene rings is 3. The van der Waals surface area contributed by atoms with Crippen molar-refractivity contribution in [1.82, 2.24) is 9.97 Å². The van der Waals surface area contributed by atoms with Gasteiger partial charge in [-0.15, -0.1) is 0 Å². The molecule has 0 saturated carbocycles. The molecule has 7 heteroatoms. The van der Waals surface area contributed by atoms with Crippen LogP contribution in [0.25, 0.3) is 34.3 Å². The van der Waals surface area contributed by atoms with Crippen molar-refractivity contribution in [3.05, 3.63) is 82.6 Å². The second-order valence-electron chi connectivity index (χ2n) is 6.25. The summed E-state index contributed by atoms with van der Waals surface area (Å²) in [5.41, 5.74) is 3.95. The van der Waals surface area contributed by atoms with Gasteiger partial charge < -0.3 is 4.98 Å². The molecule has 0 unspecified atom stereocenters. The molecule has 0 aliphatic heterocycles. The molecule has 1 heterocycles. The van der Waals surface area contributed by atoms with Gasteiger partial charge in [0, 0.05) is 10.0 Å². The van der Waals surface area contributed by atoms with Gasteiger partial charge in [0.25, 0.3) is 0 Å². The number of sulfonamides is 1. The van der Waals surface area contributed by atoms with Crippen LogP contribution in [0, 0.1) is 0 Å². The average molecular weight is 454 g/mol. The van der Waals surface area contributed by atoms with E-state index < -0.39 is 10.0 Å². The fourth-order valence-corrected chi connectivity index (χ4v) is 4.18. The Balaban J connectivity index is 1.73. The summed E-state index contributed by atoms with van der Waals surface area (Å²) in [6.07, 6.45) is 3.87. The van der Waals surface area contributed by atoms with Crippen LogP contribution in [0.4, 0.5) is 0 Å². The number of rotatable bonds is 4. The summed E-state index contributed by atoms with van der Waals surface area (Å²) in [6, 6.07) is 20.2. The summed E-state index contributed by atoms with van der Waals surface area (Å²) >= 11 is 3.52. The molecular weight excluding hydrogens is 438 g/mol. The van der Waals surface area contributed by atoms with Crippen molar-refractivity contribution in [3.8, 4) is 11.1 Å². The zero-order valence-electron chi connectivity index (χ0n) is 14.6. The van der Waals surface area contributed by atoms with Gasteiger partial charge in [-0.3, -0.25) is 0 Å². The number of aromatic amines is 1. The van der Waals surface area contributed by atoms with Gasteiger partial charge >= 0.3 is 0 Å². The number of nitrogens with one attached hydrogen (secondary N) is 1. The molecule has 4 aromatic rings. The summed E-state index contributed by atoms with van der Waals surface area (Å²) in [5.74, 6) is 0.711. The molecule has 0 amide bonds. The van der Waals surface area contributed by atoms with Crippen molar-refractivity contribution in [2.75, 3.05) is 0 Å². The fraction of sp³-hybridized carbons (Fsp3) is 0. The highest BCUT2D eigenvalue weighted by atomic mass is 79.9. The molecule has 0 radical (unpaired) electrons. The van der Waals surface area contributed by atoms with E-state index in [1.165, 1.54) is 6.07 Å². The van der Waals surface area contributed by atoms with E-state index in [-0.39, 0.29) is 4.90 Å². The predicted octanol–water partition coefficient (Wildman–Crippen LogP) is 4.81. The Hall–Kier alpha value is -2.74. The van der Waals surface area contributed by atoms with Crippen LogP contribution < -0.4 is 5.14 Å². The van der Waals surface area contributed by atoms with Gasteiger partial charge in [0.2, 0.25) is 10.0 Å². The summed E-state index contributed by atoms with van der Waals surface area (Å²) in [5, 5.41) is 5.36. The van der Waals surface area contributed by atoms with Crippen molar-refractivity contribution < 1.29 is 8.42 Å². The number of hydrogen-bond donors (Lipinski definition) is 2. The third-order valence-corrected chi connectivity index (χ3v) is 6.02. The zero-order chi connectivity index (χ0) is 19.7. The number of hydrogen-bond acceptors (Lipinski definition) is 3. The SMILES string of the molecule is NS(=O)(=O)c1ccccc1-c1ccc2[nH]c(/C=C/c3ccccc3Br)nc2c1. The van der Waals surface area contributed by atoms with E-state index in [0.29, 0.717) is 11.4 Å². The second kappa shape index (κ2) is 7.35. The minimum Gasteiger partial charge on any atom is -0.338 e. The van der Waals surface area contributed by atoms with Gasteiger partial charge in [0.15, 0.2) is 0 Å². The highest BCUT2D eigenvalue weighted by Gasteiger charge is 2.15. The van der Waals surface area contributed by atoms with Gasteiger partial charge in [0.1, 0.15) is 5.82 Å². The lowest BCUT2D eigenvalue weighted by atomic mass is 10.1. The highest BCUT2D eigenvalue weighted by molar-refractivity contribution is 9.10. The predicted molar refractivity (Wildman–Crippen MR) is 116 cm³/mol. The molecule has 3 N–H and O–H groups in total. The molecule has 0 aliphatic carbocycles. The Morgan fingerprint density at radius 1 is 0.964 bits per heavy atom. The Morgan fingerprint density at radius 2 is 1.71 bits per heavy atom. The maximum atomic E-state index is 11.9. The molecule has 28 heavy (non-hydrogen) atoms. The lowest BCUT2D eigenvalue weighted by Gasteiger charge is -2.07. The summed E-state index contributed by atoms with van der Waals surface area (Å²) in [4.78, 5) is 7.95. The van der Waals surface area contributed by atoms with Crippen LogP contribution in [-0.4, -0.2) is 18.4 Å². The molecule has 0 fully saturated rings. The van der Waals surface area contributed by atoms with E-state index in [0.717, 1.165) is 26.6 Å². The zero-order valence-corrected chi connectivity index (χ0v) is 17.0. The number of H-pyrrole nitrogens is 1. The number of nitrogens with zero attached hydrogens (tertiary/aromatic N) is 1. The lowest BCUT2D eigenvalue weighted by molar-refractivity contribution is 0.598. The molecule has 0 spiro atoms. The first-order chi connectivity index (χ1) is 13.4. The van der Waals surface area contributed by atoms with Gasteiger partial charge in [-0.25, -0.2) is 18.5 Å². The van der Waals surface area contributed by atoms with E-state index in [4.69, 9.17) is 5.14 Å². The molecule has 140 valence electrons. The highest BCUT2D eigenvalue weighted by Crippen LogP contribution is 2.29. The van der Waals surface area contributed by atoms with Crippen molar-refractivity contribution >= 4 is 49.1 Å². The maximum Gasteiger partial charge on any atom is 0.238 e. The number of fused-ring (bicyclic) bond motifs is 1. The van der Waals surface area contributed by atoms with Crippen LogP contribution in [0.3, 0.4) is 0 Å². The van der Waals surface area contributed by atoms with Gasteiger partial charge in [-0.05, 0) is 41.5 Å². The Kier molecular flexibility index (Phi) is 4.89. The smallest absolute Gasteiger partial charge is 0.238 e. The topological polar surface area (TPSA) is 88.8 Å². The van der Waals surface area contributed by atoms with E-state index in [2.05, 4.69) is 25.9 Å². The molecule has 3 aromatic carbocycles. The van der Waals surface area contributed by atoms with Crippen LogP contribution in [-0.2, 0) is 10.0 Å². The summed E-state index contributed by atoms with van der Waals surface area (Å²) in [7, 11) is -3.82. The van der Waals surface area contributed by atoms with E-state index in [1.807, 2.05) is 54.6 Å². The van der Waals surface area contributed by atoms with Crippen molar-refractivity contribution in [2.45, 2.75) is 4.90 Å². The number of aromatic nitrogens is 2. The Bertz CT molecular complexity index is 1310. The van der Waals surface area contributed by atoms with Crippen LogP contribution in [0.2, 0.25) is 0 Å². The first-order valence-corrected chi connectivity index (χ1v) is 10.8. The van der Waals surface area contributed by atoms with Gasteiger partial charge in [0.05, 0.1) is 15.9 Å². The van der Waals surface area contributed by atoms with Crippen LogP contribution in [0.5, 0.6) is 0 Å². The number of halogens is 1. The monoisotopic (exact) mass is 453 g/mol. The Morgan fingerprint density at radius 3 is 2.50 bits per heavy atom. The molecule has 0 aliphatic rings. The molecule has 0 saturated heterocycles. The van der Waals surface area contributed by atoms with Crippen LogP contribution in [0.1, 0.15) is 11.4 Å². The van der Waals surface area contributed by atoms with E-state index >= 15 is 0 Å². The number of nitrogens with two attached hydrogens (primary N) is 1.